The van der Waals surface area contributed by atoms with Crippen molar-refractivity contribution in [1.82, 2.24) is 9.80 Å². The fraction of sp³-hybridized carbons (Fsp3) is 1.00. The maximum absolute atomic E-state index is 2.75. The zero-order valence-corrected chi connectivity index (χ0v) is 10.6. The predicted octanol–water partition coefficient (Wildman–Crippen LogP) is 2.16. The van der Waals surface area contributed by atoms with Gasteiger partial charge in [0.15, 0.2) is 0 Å². The number of hydrogen-bond donors (Lipinski definition) is 0. The first-order valence-electron chi connectivity index (χ1n) is 6.39. The Labute approximate surface area is 93.6 Å². The van der Waals surface area contributed by atoms with Gasteiger partial charge in [-0.15, -0.1) is 0 Å². The van der Waals surface area contributed by atoms with Crippen molar-refractivity contribution in [2.45, 2.75) is 46.2 Å². The third kappa shape index (κ3) is 1.18. The average Bonchev–Trinajstić information content (AvgIpc) is 2.10. The van der Waals surface area contributed by atoms with E-state index in [1.54, 1.807) is 0 Å². The average molecular weight is 208 g/mol. The van der Waals surface area contributed by atoms with E-state index in [1.165, 1.54) is 39.0 Å². The molecule has 2 nitrogen and oxygen atoms in total. The van der Waals surface area contributed by atoms with E-state index in [-0.39, 0.29) is 0 Å². The molecule has 0 atom stereocenters. The second-order valence-electron chi connectivity index (χ2n) is 7.08. The molecule has 0 aromatic rings. The highest BCUT2D eigenvalue weighted by molar-refractivity contribution is 5.11. The standard InChI is InChI=1S/C13H24N2/c1-5-13(4)14-7-11(2)6-12(3,9-14)10-15(13)8-11/h5-10H2,1-4H3. The number of nitrogens with zero attached hydrogens (tertiary/aromatic N) is 2. The van der Waals surface area contributed by atoms with Crippen LogP contribution in [0.3, 0.4) is 0 Å². The van der Waals surface area contributed by atoms with Crippen molar-refractivity contribution in [1.29, 1.82) is 0 Å². The summed E-state index contributed by atoms with van der Waals surface area (Å²) in [5.41, 5.74) is 1.50. The molecule has 4 fully saturated rings. The van der Waals surface area contributed by atoms with E-state index in [1.807, 2.05) is 0 Å². The molecule has 86 valence electrons. The molecule has 0 saturated carbocycles. The second kappa shape index (κ2) is 2.60. The van der Waals surface area contributed by atoms with Gasteiger partial charge in [0.05, 0.1) is 5.66 Å². The van der Waals surface area contributed by atoms with Gasteiger partial charge in [-0.1, -0.05) is 20.8 Å². The summed E-state index contributed by atoms with van der Waals surface area (Å²) in [6, 6.07) is 0. The third-order valence-corrected chi connectivity index (χ3v) is 5.18. The van der Waals surface area contributed by atoms with Crippen molar-refractivity contribution in [2.75, 3.05) is 26.2 Å². The summed E-state index contributed by atoms with van der Waals surface area (Å²) in [4.78, 5) is 5.51. The zero-order valence-electron chi connectivity index (χ0n) is 10.6. The number of piperidine rings is 2. The van der Waals surface area contributed by atoms with Gasteiger partial charge in [0.2, 0.25) is 0 Å². The third-order valence-electron chi connectivity index (χ3n) is 5.18. The Bertz CT molecular complexity index is 261. The highest BCUT2D eigenvalue weighted by Gasteiger charge is 2.59. The normalized spacial score (nSPS) is 62.4. The first-order valence-corrected chi connectivity index (χ1v) is 6.39. The van der Waals surface area contributed by atoms with Crippen LogP contribution < -0.4 is 0 Å². The number of hydrogen-bond acceptors (Lipinski definition) is 2. The van der Waals surface area contributed by atoms with Crippen molar-refractivity contribution >= 4 is 0 Å². The largest absolute Gasteiger partial charge is 0.284 e. The zero-order chi connectivity index (χ0) is 10.9. The van der Waals surface area contributed by atoms with E-state index in [0.29, 0.717) is 16.5 Å². The molecule has 0 amide bonds. The Morgan fingerprint density at radius 2 is 1.27 bits per heavy atom. The summed E-state index contributed by atoms with van der Waals surface area (Å²) in [5, 5.41) is 0. The molecule has 0 aromatic carbocycles. The Kier molecular flexibility index (Phi) is 1.75. The van der Waals surface area contributed by atoms with Crippen molar-refractivity contribution in [3.8, 4) is 0 Å². The molecular formula is C13H24N2. The quantitative estimate of drug-likeness (QED) is 0.651. The van der Waals surface area contributed by atoms with Crippen LogP contribution >= 0.6 is 0 Å². The molecule has 15 heavy (non-hydrogen) atoms. The Balaban J connectivity index is 2.01. The van der Waals surface area contributed by atoms with E-state index in [4.69, 9.17) is 0 Å². The molecule has 4 saturated heterocycles. The van der Waals surface area contributed by atoms with Gasteiger partial charge in [-0.25, -0.2) is 0 Å². The van der Waals surface area contributed by atoms with E-state index < -0.39 is 0 Å². The summed E-state index contributed by atoms with van der Waals surface area (Å²) in [7, 11) is 0. The van der Waals surface area contributed by atoms with Crippen LogP contribution in [0.4, 0.5) is 0 Å². The SMILES string of the molecule is CCC1(C)N2CC3(C)CN1CC(C)(C2)C3. The smallest absolute Gasteiger partial charge is 0.0706 e. The lowest BCUT2D eigenvalue weighted by Crippen LogP contribution is -2.78. The molecule has 4 bridgehead atoms. The van der Waals surface area contributed by atoms with Crippen LogP contribution in [0.5, 0.6) is 0 Å². The number of rotatable bonds is 1. The summed E-state index contributed by atoms with van der Waals surface area (Å²) in [5.74, 6) is 0. The second-order valence-corrected chi connectivity index (χ2v) is 7.08. The van der Waals surface area contributed by atoms with Gasteiger partial charge in [-0.2, -0.15) is 0 Å². The highest BCUT2D eigenvalue weighted by atomic mass is 15.5. The van der Waals surface area contributed by atoms with Crippen LogP contribution in [0.1, 0.15) is 40.5 Å². The van der Waals surface area contributed by atoms with Gasteiger partial charge in [0.25, 0.3) is 0 Å². The van der Waals surface area contributed by atoms with Crippen LogP contribution in [-0.2, 0) is 0 Å². The van der Waals surface area contributed by atoms with Crippen LogP contribution in [0.2, 0.25) is 0 Å². The molecule has 4 aliphatic rings. The van der Waals surface area contributed by atoms with Crippen molar-refractivity contribution < 1.29 is 0 Å². The maximum Gasteiger partial charge on any atom is 0.0706 e. The van der Waals surface area contributed by atoms with Crippen molar-refractivity contribution in [2.24, 2.45) is 10.8 Å². The highest BCUT2D eigenvalue weighted by Crippen LogP contribution is 2.54. The molecule has 0 spiro atoms. The maximum atomic E-state index is 2.75. The van der Waals surface area contributed by atoms with E-state index in [9.17, 15) is 0 Å². The van der Waals surface area contributed by atoms with Gasteiger partial charge >= 0.3 is 0 Å². The molecule has 0 aliphatic carbocycles. The molecule has 0 radical (unpaired) electrons. The van der Waals surface area contributed by atoms with Crippen molar-refractivity contribution in [3.05, 3.63) is 0 Å². The van der Waals surface area contributed by atoms with Crippen LogP contribution in [0, 0.1) is 10.8 Å². The fourth-order valence-corrected chi connectivity index (χ4v) is 4.64. The molecule has 2 heteroatoms. The van der Waals surface area contributed by atoms with Crippen LogP contribution in [-0.4, -0.2) is 41.6 Å². The van der Waals surface area contributed by atoms with Crippen LogP contribution in [0.25, 0.3) is 0 Å². The first-order chi connectivity index (χ1) is 6.89. The summed E-state index contributed by atoms with van der Waals surface area (Å²) in [6.45, 7) is 15.0. The van der Waals surface area contributed by atoms with Crippen molar-refractivity contribution in [3.63, 3.8) is 0 Å². The Morgan fingerprint density at radius 1 is 0.867 bits per heavy atom. The summed E-state index contributed by atoms with van der Waals surface area (Å²) in [6.07, 6.45) is 2.70. The van der Waals surface area contributed by atoms with Gasteiger partial charge in [-0.3, -0.25) is 9.80 Å². The van der Waals surface area contributed by atoms with Crippen LogP contribution in [0.15, 0.2) is 0 Å². The van der Waals surface area contributed by atoms with E-state index in [2.05, 4.69) is 37.5 Å². The van der Waals surface area contributed by atoms with Gasteiger partial charge < -0.3 is 0 Å². The Morgan fingerprint density at radius 3 is 1.60 bits per heavy atom. The predicted molar refractivity (Wildman–Crippen MR) is 62.7 cm³/mol. The molecule has 4 aliphatic heterocycles. The topological polar surface area (TPSA) is 6.48 Å². The van der Waals surface area contributed by atoms with Gasteiger partial charge in [-0.05, 0) is 30.6 Å². The minimum absolute atomic E-state index is 0.361. The molecule has 0 unspecified atom stereocenters. The van der Waals surface area contributed by atoms with Gasteiger partial charge in [0, 0.05) is 26.2 Å². The summed E-state index contributed by atoms with van der Waals surface area (Å²) >= 11 is 0. The lowest BCUT2D eigenvalue weighted by atomic mass is 9.61. The molecule has 4 rings (SSSR count). The lowest BCUT2D eigenvalue weighted by molar-refractivity contribution is -0.236. The monoisotopic (exact) mass is 208 g/mol. The lowest BCUT2D eigenvalue weighted by Gasteiger charge is -2.70. The molecule has 0 N–H and O–H groups in total. The van der Waals surface area contributed by atoms with Gasteiger partial charge in [0.1, 0.15) is 0 Å². The first kappa shape index (κ1) is 10.1. The fourth-order valence-electron chi connectivity index (χ4n) is 4.64. The molecule has 0 aromatic heterocycles. The molecule has 4 heterocycles. The Hall–Kier alpha value is -0.0800. The molecular weight excluding hydrogens is 184 g/mol. The minimum atomic E-state index is 0.361. The van der Waals surface area contributed by atoms with E-state index >= 15 is 0 Å². The van der Waals surface area contributed by atoms with E-state index in [0.717, 1.165) is 0 Å². The minimum Gasteiger partial charge on any atom is -0.284 e. The summed E-state index contributed by atoms with van der Waals surface area (Å²) < 4.78 is 0.